The van der Waals surface area contributed by atoms with Crippen molar-refractivity contribution < 1.29 is 14.1 Å². The summed E-state index contributed by atoms with van der Waals surface area (Å²) in [6, 6.07) is 2.59. The zero-order valence-electron chi connectivity index (χ0n) is 10.1. The first-order valence-electron chi connectivity index (χ1n) is 6.16. The van der Waals surface area contributed by atoms with Crippen molar-refractivity contribution in [3.63, 3.8) is 0 Å². The number of nitrogens with zero attached hydrogens (tertiary/aromatic N) is 2. The Labute approximate surface area is 105 Å². The molecule has 1 aliphatic rings. The van der Waals surface area contributed by atoms with Crippen molar-refractivity contribution in [3.05, 3.63) is 28.0 Å². The number of Topliss-reactive ketones (excluding diaryl/α,β-unsaturated/α-hetero) is 1. The molecule has 1 fully saturated rings. The fraction of sp³-hybridized carbons (Fsp3) is 0.583. The van der Waals surface area contributed by atoms with Gasteiger partial charge < -0.3 is 9.32 Å². The SMILES string of the molecule is O=C(CCN1CCCCC1)c1ccc([N+](=O)[O-])o1. The van der Waals surface area contributed by atoms with Crippen molar-refractivity contribution >= 4 is 11.7 Å². The van der Waals surface area contributed by atoms with Gasteiger partial charge >= 0.3 is 5.88 Å². The first-order chi connectivity index (χ1) is 8.66. The van der Waals surface area contributed by atoms with E-state index in [9.17, 15) is 14.9 Å². The normalized spacial score (nSPS) is 16.7. The molecule has 0 aliphatic carbocycles. The molecular formula is C12H16N2O4. The highest BCUT2D eigenvalue weighted by Gasteiger charge is 2.18. The predicted molar refractivity (Wildman–Crippen MR) is 64.6 cm³/mol. The molecule has 0 amide bonds. The molecule has 0 N–H and O–H groups in total. The van der Waals surface area contributed by atoms with E-state index in [4.69, 9.17) is 4.42 Å². The maximum atomic E-state index is 11.8. The summed E-state index contributed by atoms with van der Waals surface area (Å²) in [5.41, 5.74) is 0. The lowest BCUT2D eigenvalue weighted by atomic mass is 10.1. The minimum atomic E-state index is -0.637. The molecule has 0 spiro atoms. The van der Waals surface area contributed by atoms with Crippen LogP contribution in [0.1, 0.15) is 36.2 Å². The predicted octanol–water partition coefficient (Wildman–Crippen LogP) is 2.25. The lowest BCUT2D eigenvalue weighted by Gasteiger charge is -2.25. The fourth-order valence-electron chi connectivity index (χ4n) is 2.14. The monoisotopic (exact) mass is 252 g/mol. The summed E-state index contributed by atoms with van der Waals surface area (Å²) in [4.78, 5) is 23.8. The number of likely N-dealkylation sites (tertiary alicyclic amines) is 1. The lowest BCUT2D eigenvalue weighted by molar-refractivity contribution is -0.402. The molecule has 1 aromatic heterocycles. The van der Waals surface area contributed by atoms with Gasteiger partial charge in [-0.3, -0.25) is 14.9 Å². The van der Waals surface area contributed by atoms with E-state index in [2.05, 4.69) is 4.90 Å². The van der Waals surface area contributed by atoms with Crippen molar-refractivity contribution in [1.82, 2.24) is 4.90 Å². The first kappa shape index (κ1) is 12.8. The summed E-state index contributed by atoms with van der Waals surface area (Å²) in [6.45, 7) is 2.77. The summed E-state index contributed by atoms with van der Waals surface area (Å²) < 4.78 is 4.88. The van der Waals surface area contributed by atoms with Crippen LogP contribution in [0.5, 0.6) is 0 Å². The minimum Gasteiger partial charge on any atom is -0.397 e. The molecule has 2 rings (SSSR count). The highest BCUT2D eigenvalue weighted by atomic mass is 16.6. The molecule has 1 aliphatic heterocycles. The largest absolute Gasteiger partial charge is 0.433 e. The third-order valence-corrected chi connectivity index (χ3v) is 3.15. The van der Waals surface area contributed by atoms with Crippen molar-refractivity contribution in [2.45, 2.75) is 25.7 Å². The number of ketones is 1. The molecule has 18 heavy (non-hydrogen) atoms. The lowest BCUT2D eigenvalue weighted by Crippen LogP contribution is -2.31. The van der Waals surface area contributed by atoms with Crippen LogP contribution < -0.4 is 0 Å². The van der Waals surface area contributed by atoms with E-state index < -0.39 is 4.92 Å². The van der Waals surface area contributed by atoms with Gasteiger partial charge in [-0.05, 0) is 32.0 Å². The quantitative estimate of drug-likeness (QED) is 0.456. The van der Waals surface area contributed by atoms with Crippen molar-refractivity contribution in [2.75, 3.05) is 19.6 Å². The van der Waals surface area contributed by atoms with Crippen LogP contribution in [0.15, 0.2) is 16.5 Å². The summed E-state index contributed by atoms with van der Waals surface area (Å²) in [6.07, 6.45) is 3.97. The Kier molecular flexibility index (Phi) is 4.09. The van der Waals surface area contributed by atoms with E-state index in [1.165, 1.54) is 31.4 Å². The molecule has 0 aromatic carbocycles. The number of carbonyl (C=O) groups is 1. The van der Waals surface area contributed by atoms with Crippen molar-refractivity contribution in [3.8, 4) is 0 Å². The second-order valence-corrected chi connectivity index (χ2v) is 4.47. The smallest absolute Gasteiger partial charge is 0.397 e. The number of nitro groups is 1. The molecule has 0 radical (unpaired) electrons. The molecule has 1 aromatic rings. The highest BCUT2D eigenvalue weighted by molar-refractivity contribution is 5.93. The molecule has 6 heteroatoms. The zero-order valence-corrected chi connectivity index (χ0v) is 10.1. The Morgan fingerprint density at radius 3 is 2.67 bits per heavy atom. The molecule has 98 valence electrons. The molecule has 0 bridgehead atoms. The van der Waals surface area contributed by atoms with Gasteiger partial charge in [0.2, 0.25) is 0 Å². The fourth-order valence-corrected chi connectivity index (χ4v) is 2.14. The summed E-state index contributed by atoms with van der Waals surface area (Å²) in [5.74, 6) is -0.469. The van der Waals surface area contributed by atoms with Gasteiger partial charge in [0.15, 0.2) is 11.5 Å². The number of rotatable bonds is 5. The number of piperidine rings is 1. The van der Waals surface area contributed by atoms with Crippen LogP contribution >= 0.6 is 0 Å². The molecule has 0 atom stereocenters. The number of furan rings is 1. The third kappa shape index (κ3) is 3.16. The summed E-state index contributed by atoms with van der Waals surface area (Å²) in [7, 11) is 0. The van der Waals surface area contributed by atoms with Gasteiger partial charge in [-0.2, -0.15) is 0 Å². The van der Waals surface area contributed by atoms with E-state index in [0.29, 0.717) is 13.0 Å². The van der Waals surface area contributed by atoms with E-state index in [1.807, 2.05) is 0 Å². The Bertz CT molecular complexity index is 435. The molecule has 0 unspecified atom stereocenters. The van der Waals surface area contributed by atoms with Gasteiger partial charge in [0, 0.05) is 13.0 Å². The maximum Gasteiger partial charge on any atom is 0.433 e. The Morgan fingerprint density at radius 1 is 1.33 bits per heavy atom. The number of carbonyl (C=O) groups excluding carboxylic acids is 1. The van der Waals surface area contributed by atoms with Crippen LogP contribution in [-0.4, -0.2) is 35.2 Å². The van der Waals surface area contributed by atoms with Crippen LogP contribution in [0, 0.1) is 10.1 Å². The standard InChI is InChI=1S/C12H16N2O4/c15-10(6-9-13-7-2-1-3-8-13)11-4-5-12(18-11)14(16)17/h4-5H,1-3,6-9H2. The average Bonchev–Trinajstić information content (AvgIpc) is 2.87. The Balaban J connectivity index is 1.84. The van der Waals surface area contributed by atoms with Crippen LogP contribution in [0.3, 0.4) is 0 Å². The molecule has 2 heterocycles. The van der Waals surface area contributed by atoms with Gasteiger partial charge in [-0.1, -0.05) is 6.42 Å². The van der Waals surface area contributed by atoms with Crippen LogP contribution in [0.4, 0.5) is 5.88 Å². The van der Waals surface area contributed by atoms with Gasteiger partial charge in [-0.25, -0.2) is 0 Å². The number of hydrogen-bond acceptors (Lipinski definition) is 5. The molecule has 1 saturated heterocycles. The number of hydrogen-bond donors (Lipinski definition) is 0. The second-order valence-electron chi connectivity index (χ2n) is 4.47. The van der Waals surface area contributed by atoms with E-state index in [0.717, 1.165) is 13.1 Å². The zero-order chi connectivity index (χ0) is 13.0. The Hall–Kier alpha value is -1.69. The van der Waals surface area contributed by atoms with Crippen LogP contribution in [0.25, 0.3) is 0 Å². The van der Waals surface area contributed by atoms with Crippen LogP contribution in [-0.2, 0) is 0 Å². The van der Waals surface area contributed by atoms with E-state index >= 15 is 0 Å². The van der Waals surface area contributed by atoms with E-state index in [1.54, 1.807) is 0 Å². The van der Waals surface area contributed by atoms with Gasteiger partial charge in [0.05, 0.1) is 6.07 Å². The molecule has 0 saturated carbocycles. The van der Waals surface area contributed by atoms with Crippen molar-refractivity contribution in [2.24, 2.45) is 0 Å². The highest BCUT2D eigenvalue weighted by Crippen LogP contribution is 2.17. The maximum absolute atomic E-state index is 11.8. The molecule has 6 nitrogen and oxygen atoms in total. The third-order valence-electron chi connectivity index (χ3n) is 3.15. The second kappa shape index (κ2) is 5.77. The minimum absolute atomic E-state index is 0.0821. The van der Waals surface area contributed by atoms with Crippen LogP contribution in [0.2, 0.25) is 0 Å². The summed E-state index contributed by atoms with van der Waals surface area (Å²) >= 11 is 0. The molecular weight excluding hydrogens is 236 g/mol. The van der Waals surface area contributed by atoms with Gasteiger partial charge in [0.1, 0.15) is 4.92 Å². The van der Waals surface area contributed by atoms with Gasteiger partial charge in [-0.15, -0.1) is 0 Å². The van der Waals surface area contributed by atoms with Gasteiger partial charge in [0.25, 0.3) is 0 Å². The topological polar surface area (TPSA) is 76.6 Å². The first-order valence-corrected chi connectivity index (χ1v) is 6.16. The van der Waals surface area contributed by atoms with E-state index in [-0.39, 0.29) is 17.4 Å². The summed E-state index contributed by atoms with van der Waals surface area (Å²) in [5, 5.41) is 10.4. The Morgan fingerprint density at radius 2 is 2.06 bits per heavy atom. The average molecular weight is 252 g/mol. The van der Waals surface area contributed by atoms with Crippen molar-refractivity contribution in [1.29, 1.82) is 0 Å².